The van der Waals surface area contributed by atoms with Crippen molar-refractivity contribution in [3.63, 3.8) is 0 Å². The lowest BCUT2D eigenvalue weighted by Crippen LogP contribution is -2.49. The van der Waals surface area contributed by atoms with E-state index >= 15 is 0 Å². The van der Waals surface area contributed by atoms with Gasteiger partial charge in [-0.1, -0.05) is 52.4 Å². The predicted molar refractivity (Wildman–Crippen MR) is 75.2 cm³/mol. The van der Waals surface area contributed by atoms with E-state index in [1.807, 2.05) is 0 Å². The third-order valence-corrected chi connectivity index (χ3v) is 5.36. The van der Waals surface area contributed by atoms with E-state index in [0.29, 0.717) is 5.54 Å². The van der Waals surface area contributed by atoms with Crippen LogP contribution in [0.3, 0.4) is 0 Å². The van der Waals surface area contributed by atoms with Gasteiger partial charge in [-0.15, -0.1) is 0 Å². The third-order valence-electron chi connectivity index (χ3n) is 5.36. The largest absolute Gasteiger partial charge is 0.311 e. The number of rotatable bonds is 4. The van der Waals surface area contributed by atoms with Crippen LogP contribution < -0.4 is 5.32 Å². The van der Waals surface area contributed by atoms with Crippen LogP contribution >= 0.6 is 0 Å². The maximum absolute atomic E-state index is 3.92. The molecule has 0 aromatic rings. The predicted octanol–water partition coefficient (Wildman–Crippen LogP) is 4.52. The van der Waals surface area contributed by atoms with Crippen LogP contribution in [0.25, 0.3) is 0 Å². The lowest BCUT2D eigenvalue weighted by Gasteiger charge is -2.39. The number of hydrogen-bond donors (Lipinski definition) is 1. The Labute approximate surface area is 108 Å². The Morgan fingerprint density at radius 1 is 1.06 bits per heavy atom. The summed E-state index contributed by atoms with van der Waals surface area (Å²) >= 11 is 0. The first-order chi connectivity index (χ1) is 8.23. The molecular formula is C16H31N. The molecule has 1 atom stereocenters. The van der Waals surface area contributed by atoms with Crippen LogP contribution in [0.2, 0.25) is 0 Å². The fourth-order valence-corrected chi connectivity index (χ4v) is 3.92. The summed E-state index contributed by atoms with van der Waals surface area (Å²) in [4.78, 5) is 0. The molecule has 0 bridgehead atoms. The normalized spacial score (nSPS) is 31.9. The maximum Gasteiger partial charge on any atom is 0.0204 e. The highest BCUT2D eigenvalue weighted by Gasteiger charge is 2.34. The molecule has 2 rings (SSSR count). The van der Waals surface area contributed by atoms with E-state index in [4.69, 9.17) is 0 Å². The lowest BCUT2D eigenvalue weighted by molar-refractivity contribution is 0.194. The number of nitrogens with one attached hydrogen (secondary N) is 1. The van der Waals surface area contributed by atoms with E-state index in [0.717, 1.165) is 11.8 Å². The molecule has 1 heteroatoms. The van der Waals surface area contributed by atoms with Gasteiger partial charge >= 0.3 is 0 Å². The van der Waals surface area contributed by atoms with Crippen molar-refractivity contribution in [3.05, 3.63) is 0 Å². The van der Waals surface area contributed by atoms with Crippen LogP contribution in [0.15, 0.2) is 0 Å². The minimum Gasteiger partial charge on any atom is -0.311 e. The van der Waals surface area contributed by atoms with Crippen molar-refractivity contribution in [3.8, 4) is 0 Å². The van der Waals surface area contributed by atoms with Gasteiger partial charge in [0.2, 0.25) is 0 Å². The van der Waals surface area contributed by atoms with E-state index in [-0.39, 0.29) is 0 Å². The summed E-state index contributed by atoms with van der Waals surface area (Å²) in [5.74, 6) is 1.85. The van der Waals surface area contributed by atoms with Gasteiger partial charge in [-0.25, -0.2) is 0 Å². The van der Waals surface area contributed by atoms with Gasteiger partial charge in [-0.05, 0) is 44.1 Å². The Hall–Kier alpha value is -0.0400. The van der Waals surface area contributed by atoms with Crippen molar-refractivity contribution in [2.45, 2.75) is 83.6 Å². The van der Waals surface area contributed by atoms with Crippen LogP contribution in [-0.4, -0.2) is 12.1 Å². The van der Waals surface area contributed by atoms with Gasteiger partial charge in [0.05, 0.1) is 0 Å². The van der Waals surface area contributed by atoms with Crippen molar-refractivity contribution in [1.29, 1.82) is 0 Å². The molecule has 100 valence electrons. The average molecular weight is 237 g/mol. The van der Waals surface area contributed by atoms with Gasteiger partial charge < -0.3 is 5.32 Å². The zero-order valence-corrected chi connectivity index (χ0v) is 11.9. The van der Waals surface area contributed by atoms with Crippen molar-refractivity contribution < 1.29 is 0 Å². The van der Waals surface area contributed by atoms with Crippen LogP contribution in [0.1, 0.15) is 78.1 Å². The van der Waals surface area contributed by atoms with Crippen molar-refractivity contribution in [2.75, 3.05) is 6.54 Å². The van der Waals surface area contributed by atoms with Crippen LogP contribution in [0.4, 0.5) is 0 Å². The summed E-state index contributed by atoms with van der Waals surface area (Å²) in [6.07, 6.45) is 14.6. The molecule has 1 N–H and O–H groups in total. The first-order valence-corrected chi connectivity index (χ1v) is 7.98. The smallest absolute Gasteiger partial charge is 0.0204 e. The van der Waals surface area contributed by atoms with Gasteiger partial charge in [-0.3, -0.25) is 0 Å². The van der Waals surface area contributed by atoms with Crippen LogP contribution in [0.5, 0.6) is 0 Å². The molecule has 17 heavy (non-hydrogen) atoms. The van der Waals surface area contributed by atoms with Crippen LogP contribution in [0, 0.1) is 11.8 Å². The van der Waals surface area contributed by atoms with Crippen molar-refractivity contribution in [2.24, 2.45) is 11.8 Å². The monoisotopic (exact) mass is 237 g/mol. The fourth-order valence-electron chi connectivity index (χ4n) is 3.92. The highest BCUT2D eigenvalue weighted by molar-refractivity contribution is 4.93. The van der Waals surface area contributed by atoms with E-state index < -0.39 is 0 Å². The Kier molecular flexibility index (Phi) is 4.90. The van der Waals surface area contributed by atoms with Crippen molar-refractivity contribution in [1.82, 2.24) is 5.32 Å². The average Bonchev–Trinajstić information content (AvgIpc) is 2.71. The summed E-state index contributed by atoms with van der Waals surface area (Å²) < 4.78 is 0. The molecule has 2 aliphatic rings. The zero-order chi connectivity index (χ0) is 12.1. The molecule has 1 unspecified atom stereocenters. The SMILES string of the molecule is CC(C)C1(CCC2CCCC2)CCCCCN1. The van der Waals surface area contributed by atoms with Crippen molar-refractivity contribution >= 4 is 0 Å². The molecule has 1 heterocycles. The third kappa shape index (κ3) is 3.47. The van der Waals surface area contributed by atoms with E-state index in [9.17, 15) is 0 Å². The molecule has 0 aromatic carbocycles. The van der Waals surface area contributed by atoms with E-state index in [2.05, 4.69) is 19.2 Å². The minimum absolute atomic E-state index is 0.471. The molecular weight excluding hydrogens is 206 g/mol. The summed E-state index contributed by atoms with van der Waals surface area (Å²) in [6, 6.07) is 0. The number of hydrogen-bond acceptors (Lipinski definition) is 1. The zero-order valence-electron chi connectivity index (χ0n) is 11.9. The Morgan fingerprint density at radius 2 is 1.82 bits per heavy atom. The standard InChI is InChI=1S/C16H31N/c1-14(2)16(11-6-3-7-13-17-16)12-10-15-8-4-5-9-15/h14-15,17H,3-13H2,1-2H3. The Morgan fingerprint density at radius 3 is 2.53 bits per heavy atom. The van der Waals surface area contributed by atoms with Gasteiger partial charge in [0.1, 0.15) is 0 Å². The second-order valence-corrected chi connectivity index (χ2v) is 6.74. The van der Waals surface area contributed by atoms with Crippen LogP contribution in [-0.2, 0) is 0 Å². The van der Waals surface area contributed by atoms with Gasteiger partial charge in [0.25, 0.3) is 0 Å². The van der Waals surface area contributed by atoms with E-state index in [1.165, 1.54) is 70.8 Å². The topological polar surface area (TPSA) is 12.0 Å². The van der Waals surface area contributed by atoms with Gasteiger partial charge in [-0.2, -0.15) is 0 Å². The van der Waals surface area contributed by atoms with Gasteiger partial charge in [0.15, 0.2) is 0 Å². The summed E-state index contributed by atoms with van der Waals surface area (Å²) in [6.45, 7) is 6.10. The first-order valence-electron chi connectivity index (χ1n) is 7.98. The molecule has 0 aromatic heterocycles. The second kappa shape index (κ2) is 6.22. The lowest BCUT2D eigenvalue weighted by atomic mass is 9.77. The molecule has 0 radical (unpaired) electrons. The Bertz CT molecular complexity index is 208. The summed E-state index contributed by atoms with van der Waals surface area (Å²) in [7, 11) is 0. The minimum atomic E-state index is 0.471. The molecule has 0 spiro atoms. The maximum atomic E-state index is 3.92. The summed E-state index contributed by atoms with van der Waals surface area (Å²) in [5, 5.41) is 3.92. The molecule has 1 aliphatic carbocycles. The molecule has 1 saturated carbocycles. The fraction of sp³-hybridized carbons (Fsp3) is 1.00. The quantitative estimate of drug-likeness (QED) is 0.758. The van der Waals surface area contributed by atoms with Gasteiger partial charge in [0, 0.05) is 5.54 Å². The molecule has 2 fully saturated rings. The molecule has 1 saturated heterocycles. The first kappa shape index (κ1) is 13.4. The summed E-state index contributed by atoms with van der Waals surface area (Å²) in [5.41, 5.74) is 0.471. The highest BCUT2D eigenvalue weighted by Crippen LogP contribution is 2.36. The molecule has 1 nitrogen and oxygen atoms in total. The molecule has 1 aliphatic heterocycles. The second-order valence-electron chi connectivity index (χ2n) is 6.74. The van der Waals surface area contributed by atoms with E-state index in [1.54, 1.807) is 0 Å². The Balaban J connectivity index is 1.89. The highest BCUT2D eigenvalue weighted by atomic mass is 15.0. The molecule has 0 amide bonds.